The van der Waals surface area contributed by atoms with E-state index < -0.39 is 0 Å². The minimum absolute atomic E-state index is 0.0593. The summed E-state index contributed by atoms with van der Waals surface area (Å²) in [5.74, 6) is 0.461. The van der Waals surface area contributed by atoms with Crippen LogP contribution in [0, 0.1) is 12.3 Å². The molecule has 2 rings (SSSR count). The van der Waals surface area contributed by atoms with Crippen molar-refractivity contribution in [1.29, 1.82) is 5.41 Å². The van der Waals surface area contributed by atoms with Crippen LogP contribution >= 0.6 is 0 Å². The quantitative estimate of drug-likeness (QED) is 0.634. The number of aryl methyl sites for hydroxylation is 1. The van der Waals surface area contributed by atoms with Gasteiger partial charge in [-0.05, 0) is 25.1 Å². The van der Waals surface area contributed by atoms with Gasteiger partial charge in [-0.2, -0.15) is 0 Å². The Morgan fingerprint density at radius 1 is 1.22 bits per heavy atom. The number of aromatic nitrogens is 2. The summed E-state index contributed by atoms with van der Waals surface area (Å²) >= 11 is 0. The summed E-state index contributed by atoms with van der Waals surface area (Å²) in [6.45, 7) is 2.04. The van der Waals surface area contributed by atoms with Gasteiger partial charge in [-0.25, -0.2) is 9.97 Å². The molecule has 0 aliphatic carbocycles. The molecular formula is C13H15N5. The van der Waals surface area contributed by atoms with Crippen molar-refractivity contribution in [3.63, 3.8) is 0 Å². The minimum atomic E-state index is -0.0593. The molecule has 0 aliphatic rings. The molecule has 18 heavy (non-hydrogen) atoms. The Morgan fingerprint density at radius 2 is 1.89 bits per heavy atom. The normalized spacial score (nSPS) is 10.1. The van der Waals surface area contributed by atoms with Crippen molar-refractivity contribution < 1.29 is 0 Å². The third kappa shape index (κ3) is 2.45. The fourth-order valence-corrected chi connectivity index (χ4v) is 1.54. The maximum absolute atomic E-state index is 7.37. The van der Waals surface area contributed by atoms with Gasteiger partial charge in [-0.1, -0.05) is 17.7 Å². The highest BCUT2D eigenvalue weighted by molar-refractivity contribution is 5.93. The highest BCUT2D eigenvalue weighted by Crippen LogP contribution is 2.20. The van der Waals surface area contributed by atoms with Gasteiger partial charge < -0.3 is 10.6 Å². The lowest BCUT2D eigenvalue weighted by atomic mass is 10.2. The maximum atomic E-state index is 7.37. The second kappa shape index (κ2) is 4.83. The molecule has 92 valence electrons. The zero-order valence-corrected chi connectivity index (χ0v) is 10.4. The molecule has 1 heterocycles. The van der Waals surface area contributed by atoms with Crippen LogP contribution in [0.1, 0.15) is 11.3 Å². The van der Waals surface area contributed by atoms with Gasteiger partial charge in [-0.3, -0.25) is 5.41 Å². The molecule has 0 fully saturated rings. The molecule has 0 saturated carbocycles. The molecule has 3 N–H and O–H groups in total. The first-order valence-corrected chi connectivity index (χ1v) is 5.56. The van der Waals surface area contributed by atoms with Crippen LogP contribution in [0.2, 0.25) is 0 Å². The predicted octanol–water partition coefficient (Wildman–Crippen LogP) is 1.84. The Bertz CT molecular complexity index is 562. The monoisotopic (exact) mass is 241 g/mol. The van der Waals surface area contributed by atoms with E-state index in [9.17, 15) is 0 Å². The lowest BCUT2D eigenvalue weighted by Crippen LogP contribution is -2.18. The molecule has 1 aromatic carbocycles. The van der Waals surface area contributed by atoms with E-state index in [0.29, 0.717) is 11.6 Å². The Balaban J connectivity index is 2.33. The molecule has 5 nitrogen and oxygen atoms in total. The number of nitrogens with zero attached hydrogens (tertiary/aromatic N) is 3. The maximum Gasteiger partial charge on any atom is 0.230 e. The number of amidine groups is 1. The highest BCUT2D eigenvalue weighted by Gasteiger charge is 2.08. The topological polar surface area (TPSA) is 78.9 Å². The van der Waals surface area contributed by atoms with E-state index in [1.54, 1.807) is 12.3 Å². The second-order valence-electron chi connectivity index (χ2n) is 4.05. The Hall–Kier alpha value is -2.43. The smallest absolute Gasteiger partial charge is 0.230 e. The van der Waals surface area contributed by atoms with E-state index in [0.717, 1.165) is 5.69 Å². The molecule has 0 bridgehead atoms. The number of hydrogen-bond acceptors (Lipinski definition) is 4. The summed E-state index contributed by atoms with van der Waals surface area (Å²) in [6, 6.07) is 9.67. The van der Waals surface area contributed by atoms with Crippen molar-refractivity contribution >= 4 is 17.5 Å². The molecule has 0 radical (unpaired) electrons. The number of anilines is 2. The van der Waals surface area contributed by atoms with Gasteiger partial charge >= 0.3 is 0 Å². The summed E-state index contributed by atoms with van der Waals surface area (Å²) in [5.41, 5.74) is 8.03. The highest BCUT2D eigenvalue weighted by atomic mass is 15.2. The molecule has 2 aromatic rings. The lowest BCUT2D eigenvalue weighted by molar-refractivity contribution is 1.03. The summed E-state index contributed by atoms with van der Waals surface area (Å²) in [7, 11) is 1.88. The Morgan fingerprint density at radius 3 is 2.50 bits per heavy atom. The van der Waals surface area contributed by atoms with Crippen molar-refractivity contribution in [1.82, 2.24) is 9.97 Å². The van der Waals surface area contributed by atoms with Gasteiger partial charge in [-0.15, -0.1) is 0 Å². The SMILES string of the molecule is Cc1ccc(N(C)c2nccc(C(=N)N)n2)cc1. The van der Waals surface area contributed by atoms with Crippen LogP contribution in [-0.2, 0) is 0 Å². The molecule has 0 atom stereocenters. The van der Waals surface area contributed by atoms with Crippen LogP contribution in [0.15, 0.2) is 36.5 Å². The first-order chi connectivity index (χ1) is 8.58. The van der Waals surface area contributed by atoms with Crippen molar-refractivity contribution in [3.05, 3.63) is 47.8 Å². The fourth-order valence-electron chi connectivity index (χ4n) is 1.54. The van der Waals surface area contributed by atoms with Gasteiger partial charge in [0.05, 0.1) is 0 Å². The van der Waals surface area contributed by atoms with Crippen molar-refractivity contribution in [3.8, 4) is 0 Å². The van der Waals surface area contributed by atoms with E-state index in [2.05, 4.69) is 9.97 Å². The number of nitrogens with two attached hydrogens (primary N) is 1. The van der Waals surface area contributed by atoms with Crippen molar-refractivity contribution in [2.24, 2.45) is 5.73 Å². The van der Waals surface area contributed by atoms with Gasteiger partial charge in [0.25, 0.3) is 0 Å². The fraction of sp³-hybridized carbons (Fsp3) is 0.154. The molecule has 0 saturated heterocycles. The molecular weight excluding hydrogens is 226 g/mol. The molecule has 0 unspecified atom stereocenters. The molecule has 5 heteroatoms. The van der Waals surface area contributed by atoms with Gasteiger partial charge in [0.2, 0.25) is 5.95 Å². The first kappa shape index (κ1) is 12.0. The van der Waals surface area contributed by atoms with Gasteiger partial charge in [0.1, 0.15) is 11.5 Å². The standard InChI is InChI=1S/C13H15N5/c1-9-3-5-10(6-4-9)18(2)13-16-8-7-11(17-13)12(14)15/h3-8H,1-2H3,(H3,14,15). The summed E-state index contributed by atoms with van der Waals surface area (Å²) in [5, 5.41) is 7.37. The van der Waals surface area contributed by atoms with E-state index in [1.165, 1.54) is 5.56 Å². The van der Waals surface area contributed by atoms with Crippen LogP contribution < -0.4 is 10.6 Å². The average molecular weight is 241 g/mol. The van der Waals surface area contributed by atoms with Crippen LogP contribution in [0.5, 0.6) is 0 Å². The van der Waals surface area contributed by atoms with Crippen LogP contribution in [0.25, 0.3) is 0 Å². The Kier molecular flexibility index (Phi) is 3.23. The molecule has 0 spiro atoms. The molecule has 0 amide bonds. The number of benzene rings is 1. The molecule has 1 aromatic heterocycles. The van der Waals surface area contributed by atoms with Crippen LogP contribution in [0.3, 0.4) is 0 Å². The number of rotatable bonds is 3. The first-order valence-electron chi connectivity index (χ1n) is 5.56. The lowest BCUT2D eigenvalue weighted by Gasteiger charge is -2.17. The van der Waals surface area contributed by atoms with Crippen molar-refractivity contribution in [2.75, 3.05) is 11.9 Å². The summed E-state index contributed by atoms with van der Waals surface area (Å²) in [6.07, 6.45) is 1.60. The zero-order chi connectivity index (χ0) is 13.1. The number of nitrogens with one attached hydrogen (secondary N) is 1. The largest absolute Gasteiger partial charge is 0.382 e. The Labute approximate surface area is 106 Å². The van der Waals surface area contributed by atoms with Crippen LogP contribution in [-0.4, -0.2) is 22.9 Å². The second-order valence-corrected chi connectivity index (χ2v) is 4.05. The number of nitrogen functional groups attached to an aromatic ring is 1. The summed E-state index contributed by atoms with van der Waals surface area (Å²) in [4.78, 5) is 10.3. The minimum Gasteiger partial charge on any atom is -0.382 e. The summed E-state index contributed by atoms with van der Waals surface area (Å²) < 4.78 is 0. The van der Waals surface area contributed by atoms with E-state index >= 15 is 0 Å². The average Bonchev–Trinajstić information content (AvgIpc) is 2.39. The molecule has 0 aliphatic heterocycles. The van der Waals surface area contributed by atoms with E-state index in [4.69, 9.17) is 11.1 Å². The predicted molar refractivity (Wildman–Crippen MR) is 72.3 cm³/mol. The van der Waals surface area contributed by atoms with Crippen LogP contribution in [0.4, 0.5) is 11.6 Å². The van der Waals surface area contributed by atoms with Gasteiger partial charge in [0.15, 0.2) is 0 Å². The third-order valence-electron chi connectivity index (χ3n) is 2.64. The van der Waals surface area contributed by atoms with Gasteiger partial charge in [0, 0.05) is 18.9 Å². The zero-order valence-electron chi connectivity index (χ0n) is 10.4. The van der Waals surface area contributed by atoms with Crippen molar-refractivity contribution in [2.45, 2.75) is 6.92 Å². The van der Waals surface area contributed by atoms with E-state index in [1.807, 2.05) is 43.1 Å². The van der Waals surface area contributed by atoms with E-state index in [-0.39, 0.29) is 5.84 Å². The number of hydrogen-bond donors (Lipinski definition) is 2. The third-order valence-corrected chi connectivity index (χ3v) is 2.64.